The van der Waals surface area contributed by atoms with Gasteiger partial charge in [0.1, 0.15) is 5.75 Å². The number of rotatable bonds is 4. The fourth-order valence-corrected chi connectivity index (χ4v) is 2.89. The van der Waals surface area contributed by atoms with Gasteiger partial charge in [-0.2, -0.15) is 0 Å². The van der Waals surface area contributed by atoms with Gasteiger partial charge in [0.2, 0.25) is 5.91 Å². The number of phenols is 1. The number of hydrogen-bond acceptors (Lipinski definition) is 2. The molecule has 3 nitrogen and oxygen atoms in total. The SMILES string of the molecule is O=C(Cc1cccc(O)c1)NC1CCCC1CCl. The molecule has 0 heterocycles. The van der Waals surface area contributed by atoms with Crippen LogP contribution in [0.2, 0.25) is 0 Å². The van der Waals surface area contributed by atoms with E-state index in [-0.39, 0.29) is 17.7 Å². The van der Waals surface area contributed by atoms with Gasteiger partial charge in [-0.25, -0.2) is 0 Å². The number of hydrogen-bond donors (Lipinski definition) is 2. The van der Waals surface area contributed by atoms with Crippen molar-refractivity contribution in [1.82, 2.24) is 5.32 Å². The van der Waals surface area contributed by atoms with Crippen molar-refractivity contribution in [2.45, 2.75) is 31.7 Å². The first-order chi connectivity index (χ1) is 8.69. The number of alkyl halides is 1. The van der Waals surface area contributed by atoms with Crippen LogP contribution in [-0.4, -0.2) is 22.9 Å². The van der Waals surface area contributed by atoms with E-state index in [9.17, 15) is 9.90 Å². The Morgan fingerprint density at radius 1 is 1.44 bits per heavy atom. The molecular formula is C14H18ClNO2. The minimum Gasteiger partial charge on any atom is -0.508 e. The summed E-state index contributed by atoms with van der Waals surface area (Å²) in [7, 11) is 0. The molecule has 1 aromatic carbocycles. The second kappa shape index (κ2) is 6.10. The summed E-state index contributed by atoms with van der Waals surface area (Å²) < 4.78 is 0. The van der Waals surface area contributed by atoms with Crippen LogP contribution in [0.3, 0.4) is 0 Å². The summed E-state index contributed by atoms with van der Waals surface area (Å²) in [4.78, 5) is 11.9. The van der Waals surface area contributed by atoms with Crippen molar-refractivity contribution in [2.75, 3.05) is 5.88 Å². The van der Waals surface area contributed by atoms with Crippen LogP contribution in [0, 0.1) is 5.92 Å². The summed E-state index contributed by atoms with van der Waals surface area (Å²) in [5, 5.41) is 12.4. The topological polar surface area (TPSA) is 49.3 Å². The molecule has 18 heavy (non-hydrogen) atoms. The summed E-state index contributed by atoms with van der Waals surface area (Å²) in [5.74, 6) is 1.21. The van der Waals surface area contributed by atoms with Crippen molar-refractivity contribution in [3.8, 4) is 5.75 Å². The van der Waals surface area contributed by atoms with Crippen LogP contribution in [0.1, 0.15) is 24.8 Å². The van der Waals surface area contributed by atoms with Crippen LogP contribution < -0.4 is 5.32 Å². The van der Waals surface area contributed by atoms with Crippen LogP contribution >= 0.6 is 11.6 Å². The highest BCUT2D eigenvalue weighted by Gasteiger charge is 2.27. The molecule has 1 saturated carbocycles. The molecule has 1 aromatic rings. The molecule has 1 aliphatic rings. The molecule has 1 aliphatic carbocycles. The van der Waals surface area contributed by atoms with Crippen LogP contribution in [0.15, 0.2) is 24.3 Å². The molecule has 0 aliphatic heterocycles. The Morgan fingerprint density at radius 3 is 3.00 bits per heavy atom. The van der Waals surface area contributed by atoms with Gasteiger partial charge in [-0.15, -0.1) is 11.6 Å². The third kappa shape index (κ3) is 3.39. The molecule has 98 valence electrons. The normalized spacial score (nSPS) is 22.9. The Balaban J connectivity index is 1.89. The van der Waals surface area contributed by atoms with Crippen LogP contribution in [0.25, 0.3) is 0 Å². The molecule has 1 amide bonds. The number of nitrogens with one attached hydrogen (secondary N) is 1. The fourth-order valence-electron chi connectivity index (χ4n) is 2.52. The molecular weight excluding hydrogens is 250 g/mol. The van der Waals surface area contributed by atoms with E-state index < -0.39 is 0 Å². The first-order valence-corrected chi connectivity index (χ1v) is 6.85. The van der Waals surface area contributed by atoms with E-state index in [0.717, 1.165) is 24.8 Å². The lowest BCUT2D eigenvalue weighted by molar-refractivity contribution is -0.121. The Hall–Kier alpha value is -1.22. The van der Waals surface area contributed by atoms with Crippen molar-refractivity contribution in [3.63, 3.8) is 0 Å². The maximum atomic E-state index is 11.9. The van der Waals surface area contributed by atoms with Gasteiger partial charge < -0.3 is 10.4 Å². The standard InChI is InChI=1S/C14H18ClNO2/c15-9-11-4-2-6-13(11)16-14(18)8-10-3-1-5-12(17)7-10/h1,3,5,7,11,13,17H,2,4,6,8-9H2,(H,16,18). The zero-order chi connectivity index (χ0) is 13.0. The van der Waals surface area contributed by atoms with Crippen molar-refractivity contribution in [1.29, 1.82) is 0 Å². The van der Waals surface area contributed by atoms with Gasteiger partial charge >= 0.3 is 0 Å². The molecule has 2 unspecified atom stereocenters. The Kier molecular flexibility index (Phi) is 4.48. The van der Waals surface area contributed by atoms with E-state index in [2.05, 4.69) is 5.32 Å². The smallest absolute Gasteiger partial charge is 0.224 e. The van der Waals surface area contributed by atoms with E-state index in [0.29, 0.717) is 18.2 Å². The minimum absolute atomic E-state index is 0.00242. The largest absolute Gasteiger partial charge is 0.508 e. The highest BCUT2D eigenvalue weighted by molar-refractivity contribution is 6.18. The summed E-state index contributed by atoms with van der Waals surface area (Å²) in [5.41, 5.74) is 0.827. The monoisotopic (exact) mass is 267 g/mol. The third-order valence-electron chi connectivity index (χ3n) is 3.48. The van der Waals surface area contributed by atoms with E-state index in [4.69, 9.17) is 11.6 Å². The van der Waals surface area contributed by atoms with Crippen molar-refractivity contribution in [2.24, 2.45) is 5.92 Å². The van der Waals surface area contributed by atoms with Crippen LogP contribution in [0.4, 0.5) is 0 Å². The molecule has 0 saturated heterocycles. The number of aromatic hydroxyl groups is 1. The minimum atomic E-state index is 0.00242. The molecule has 2 atom stereocenters. The summed E-state index contributed by atoms with van der Waals surface area (Å²) in [6.07, 6.45) is 3.55. The van der Waals surface area contributed by atoms with Gasteiger partial charge in [0.05, 0.1) is 6.42 Å². The second-order valence-corrected chi connectivity index (χ2v) is 5.17. The van der Waals surface area contributed by atoms with E-state index in [1.807, 2.05) is 6.07 Å². The number of benzene rings is 1. The lowest BCUT2D eigenvalue weighted by Crippen LogP contribution is -2.38. The van der Waals surface area contributed by atoms with Crippen LogP contribution in [0.5, 0.6) is 5.75 Å². The van der Waals surface area contributed by atoms with Gasteiger partial charge in [0.15, 0.2) is 0 Å². The van der Waals surface area contributed by atoms with Gasteiger partial charge in [-0.1, -0.05) is 18.6 Å². The van der Waals surface area contributed by atoms with Crippen LogP contribution in [-0.2, 0) is 11.2 Å². The first-order valence-electron chi connectivity index (χ1n) is 6.32. The number of carbonyl (C=O) groups excluding carboxylic acids is 1. The molecule has 1 fully saturated rings. The molecule has 2 N–H and O–H groups in total. The number of halogens is 1. The lowest BCUT2D eigenvalue weighted by atomic mass is 10.1. The van der Waals surface area contributed by atoms with Crippen molar-refractivity contribution >= 4 is 17.5 Å². The Labute approximate surface area is 112 Å². The predicted molar refractivity (Wildman–Crippen MR) is 71.8 cm³/mol. The molecule has 0 bridgehead atoms. The predicted octanol–water partition coefficient (Wildman–Crippen LogP) is 2.46. The zero-order valence-corrected chi connectivity index (χ0v) is 11.0. The Morgan fingerprint density at radius 2 is 2.28 bits per heavy atom. The molecule has 0 radical (unpaired) electrons. The van der Waals surface area contributed by atoms with Gasteiger partial charge in [0, 0.05) is 11.9 Å². The summed E-state index contributed by atoms with van der Waals surface area (Å²) in [6.45, 7) is 0. The highest BCUT2D eigenvalue weighted by atomic mass is 35.5. The van der Waals surface area contributed by atoms with Gasteiger partial charge in [-0.05, 0) is 36.5 Å². The molecule has 0 aromatic heterocycles. The maximum absolute atomic E-state index is 11.9. The molecule has 0 spiro atoms. The Bertz CT molecular complexity index is 422. The molecule has 2 rings (SSSR count). The second-order valence-electron chi connectivity index (χ2n) is 4.87. The highest BCUT2D eigenvalue weighted by Crippen LogP contribution is 2.26. The summed E-state index contributed by atoms with van der Waals surface area (Å²) >= 11 is 5.88. The van der Waals surface area contributed by atoms with Gasteiger partial charge in [-0.3, -0.25) is 4.79 Å². The van der Waals surface area contributed by atoms with Crippen molar-refractivity contribution < 1.29 is 9.90 Å². The average molecular weight is 268 g/mol. The quantitative estimate of drug-likeness (QED) is 0.824. The fraction of sp³-hybridized carbons (Fsp3) is 0.500. The summed E-state index contributed by atoms with van der Waals surface area (Å²) in [6, 6.07) is 7.02. The zero-order valence-electron chi connectivity index (χ0n) is 10.2. The third-order valence-corrected chi connectivity index (χ3v) is 3.88. The number of phenolic OH excluding ortho intramolecular Hbond substituents is 1. The number of carbonyl (C=O) groups is 1. The lowest BCUT2D eigenvalue weighted by Gasteiger charge is -2.18. The maximum Gasteiger partial charge on any atom is 0.224 e. The van der Waals surface area contributed by atoms with Gasteiger partial charge in [0.25, 0.3) is 0 Å². The first kappa shape index (κ1) is 13.2. The van der Waals surface area contributed by atoms with E-state index >= 15 is 0 Å². The van der Waals surface area contributed by atoms with E-state index in [1.165, 1.54) is 0 Å². The van der Waals surface area contributed by atoms with Crippen molar-refractivity contribution in [3.05, 3.63) is 29.8 Å². The molecule has 4 heteroatoms. The van der Waals surface area contributed by atoms with E-state index in [1.54, 1.807) is 18.2 Å². The average Bonchev–Trinajstić information content (AvgIpc) is 2.76. The number of amides is 1.